The van der Waals surface area contributed by atoms with Crippen molar-refractivity contribution in [2.75, 3.05) is 6.61 Å². The van der Waals surface area contributed by atoms with E-state index in [0.717, 1.165) is 0 Å². The summed E-state index contributed by atoms with van der Waals surface area (Å²) in [6, 6.07) is 3.32. The topological polar surface area (TPSA) is 72.6 Å². The number of furan rings is 1. The Labute approximate surface area is 85.3 Å². The molecule has 1 N–H and O–H groups in total. The summed E-state index contributed by atoms with van der Waals surface area (Å²) >= 11 is 0. The van der Waals surface area contributed by atoms with Crippen LogP contribution < -0.4 is 4.74 Å². The third-order valence-electron chi connectivity index (χ3n) is 1.89. The molecule has 0 aliphatic rings. The predicted molar refractivity (Wildman–Crippen MR) is 52.1 cm³/mol. The molecule has 0 aliphatic carbocycles. The third-order valence-corrected chi connectivity index (χ3v) is 1.89. The molecule has 2 rings (SSSR count). The van der Waals surface area contributed by atoms with E-state index in [1.807, 2.05) is 0 Å². The van der Waals surface area contributed by atoms with Gasteiger partial charge in [0.25, 0.3) is 5.76 Å². The van der Waals surface area contributed by atoms with Gasteiger partial charge in [0.1, 0.15) is 0 Å². The molecule has 5 heteroatoms. The quantitative estimate of drug-likeness (QED) is 0.832. The maximum atomic E-state index is 10.9. The van der Waals surface area contributed by atoms with Gasteiger partial charge >= 0.3 is 5.97 Å². The summed E-state index contributed by atoms with van der Waals surface area (Å²) in [7, 11) is 0. The van der Waals surface area contributed by atoms with Crippen LogP contribution in [0.5, 0.6) is 5.75 Å². The van der Waals surface area contributed by atoms with Crippen LogP contribution in [0, 0.1) is 0 Å². The molecule has 0 spiro atoms. The average molecular weight is 207 g/mol. The SMILES string of the molecule is CCOc1c(C(=O)O)oc2cccnc12. The lowest BCUT2D eigenvalue weighted by Crippen LogP contribution is -1.99. The summed E-state index contributed by atoms with van der Waals surface area (Å²) < 4.78 is 10.3. The second-order valence-corrected chi connectivity index (χ2v) is 2.85. The Hall–Kier alpha value is -2.04. The molecule has 0 unspecified atom stereocenters. The second-order valence-electron chi connectivity index (χ2n) is 2.85. The van der Waals surface area contributed by atoms with Crippen LogP contribution in [0.3, 0.4) is 0 Å². The van der Waals surface area contributed by atoms with Crippen LogP contribution in [0.25, 0.3) is 11.1 Å². The van der Waals surface area contributed by atoms with Gasteiger partial charge in [-0.25, -0.2) is 9.78 Å². The molecular weight excluding hydrogens is 198 g/mol. The molecule has 0 bridgehead atoms. The van der Waals surface area contributed by atoms with Crippen LogP contribution in [0.15, 0.2) is 22.7 Å². The minimum absolute atomic E-state index is 0.195. The summed E-state index contributed by atoms with van der Waals surface area (Å²) in [5.74, 6) is -1.16. The van der Waals surface area contributed by atoms with Crippen molar-refractivity contribution in [3.05, 3.63) is 24.1 Å². The van der Waals surface area contributed by atoms with Gasteiger partial charge in [-0.3, -0.25) is 0 Å². The van der Waals surface area contributed by atoms with E-state index in [2.05, 4.69) is 4.98 Å². The second kappa shape index (κ2) is 3.61. The van der Waals surface area contributed by atoms with E-state index < -0.39 is 5.97 Å². The number of ether oxygens (including phenoxy) is 1. The normalized spacial score (nSPS) is 10.5. The summed E-state index contributed by atoms with van der Waals surface area (Å²) in [5.41, 5.74) is 0.857. The lowest BCUT2D eigenvalue weighted by atomic mass is 10.3. The Morgan fingerprint density at radius 2 is 2.47 bits per heavy atom. The van der Waals surface area contributed by atoms with Crippen molar-refractivity contribution in [2.24, 2.45) is 0 Å². The minimum atomic E-state index is -1.16. The van der Waals surface area contributed by atoms with E-state index in [9.17, 15) is 4.79 Å². The molecule has 0 aliphatic heterocycles. The maximum Gasteiger partial charge on any atom is 0.375 e. The zero-order chi connectivity index (χ0) is 10.8. The number of pyridine rings is 1. The van der Waals surface area contributed by atoms with Crippen molar-refractivity contribution in [1.82, 2.24) is 4.98 Å². The zero-order valence-corrected chi connectivity index (χ0v) is 8.06. The Bertz CT molecular complexity index is 503. The predicted octanol–water partition coefficient (Wildman–Crippen LogP) is 1.92. The van der Waals surface area contributed by atoms with Crippen LogP contribution >= 0.6 is 0 Å². The van der Waals surface area contributed by atoms with Crippen molar-refractivity contribution in [2.45, 2.75) is 6.92 Å². The molecule has 2 aromatic heterocycles. The molecule has 0 fully saturated rings. The monoisotopic (exact) mass is 207 g/mol. The van der Waals surface area contributed by atoms with Crippen LogP contribution in [0.2, 0.25) is 0 Å². The number of nitrogens with zero attached hydrogens (tertiary/aromatic N) is 1. The van der Waals surface area contributed by atoms with Gasteiger partial charge in [-0.15, -0.1) is 0 Å². The smallest absolute Gasteiger partial charge is 0.375 e. The van der Waals surface area contributed by atoms with Crippen LogP contribution in [0.4, 0.5) is 0 Å². The Balaban J connectivity index is 2.68. The fraction of sp³-hybridized carbons (Fsp3) is 0.200. The van der Waals surface area contributed by atoms with Crippen molar-refractivity contribution >= 4 is 17.1 Å². The van der Waals surface area contributed by atoms with Gasteiger partial charge in [0.2, 0.25) is 0 Å². The lowest BCUT2D eigenvalue weighted by molar-refractivity contribution is 0.0659. The van der Waals surface area contributed by atoms with E-state index in [0.29, 0.717) is 17.7 Å². The number of carbonyl (C=O) groups is 1. The first-order chi connectivity index (χ1) is 7.24. The number of hydrogen-bond donors (Lipinski definition) is 1. The number of fused-ring (bicyclic) bond motifs is 1. The highest BCUT2D eigenvalue weighted by molar-refractivity contribution is 5.96. The molecule has 15 heavy (non-hydrogen) atoms. The van der Waals surface area contributed by atoms with Crippen LogP contribution in [0.1, 0.15) is 17.5 Å². The molecule has 0 saturated heterocycles. The highest BCUT2D eigenvalue weighted by atomic mass is 16.5. The third kappa shape index (κ3) is 1.52. The van der Waals surface area contributed by atoms with E-state index in [1.54, 1.807) is 25.3 Å². The summed E-state index contributed by atoms with van der Waals surface area (Å²) in [4.78, 5) is 14.9. The van der Waals surface area contributed by atoms with Crippen molar-refractivity contribution in [1.29, 1.82) is 0 Å². The molecule has 2 heterocycles. The number of hydrogen-bond acceptors (Lipinski definition) is 4. The molecule has 0 radical (unpaired) electrons. The number of aromatic carboxylic acids is 1. The summed E-state index contributed by atoms with van der Waals surface area (Å²) in [5, 5.41) is 8.89. The average Bonchev–Trinajstić information content (AvgIpc) is 2.58. The molecule has 78 valence electrons. The Morgan fingerprint density at radius 3 is 3.13 bits per heavy atom. The number of carboxylic acid groups (broad SMARTS) is 1. The van der Waals surface area contributed by atoms with Gasteiger partial charge in [0.15, 0.2) is 16.8 Å². The molecule has 0 atom stereocenters. The van der Waals surface area contributed by atoms with Gasteiger partial charge in [0.05, 0.1) is 6.61 Å². The largest absolute Gasteiger partial charge is 0.488 e. The molecule has 0 aromatic carbocycles. The Kier molecular flexibility index (Phi) is 2.29. The highest BCUT2D eigenvalue weighted by Gasteiger charge is 2.21. The van der Waals surface area contributed by atoms with Crippen LogP contribution in [-0.2, 0) is 0 Å². The minimum Gasteiger partial charge on any atom is -0.488 e. The van der Waals surface area contributed by atoms with Gasteiger partial charge in [0, 0.05) is 6.20 Å². The van der Waals surface area contributed by atoms with Crippen molar-refractivity contribution < 1.29 is 19.1 Å². The molecular formula is C10H9NO4. The van der Waals surface area contributed by atoms with Crippen LogP contribution in [-0.4, -0.2) is 22.7 Å². The van der Waals surface area contributed by atoms with Gasteiger partial charge in [-0.05, 0) is 19.1 Å². The molecule has 2 aromatic rings. The molecule has 0 saturated carbocycles. The van der Waals surface area contributed by atoms with E-state index in [-0.39, 0.29) is 11.5 Å². The molecule has 5 nitrogen and oxygen atoms in total. The van der Waals surface area contributed by atoms with E-state index in [4.69, 9.17) is 14.3 Å². The number of rotatable bonds is 3. The first kappa shape index (κ1) is 9.51. The highest BCUT2D eigenvalue weighted by Crippen LogP contribution is 2.31. The fourth-order valence-corrected chi connectivity index (χ4v) is 1.33. The molecule has 0 amide bonds. The number of aromatic nitrogens is 1. The lowest BCUT2D eigenvalue weighted by Gasteiger charge is -1.99. The zero-order valence-electron chi connectivity index (χ0n) is 8.06. The number of carboxylic acids is 1. The van der Waals surface area contributed by atoms with Gasteiger partial charge < -0.3 is 14.3 Å². The van der Waals surface area contributed by atoms with Crippen molar-refractivity contribution in [3.63, 3.8) is 0 Å². The first-order valence-electron chi connectivity index (χ1n) is 4.47. The van der Waals surface area contributed by atoms with Crippen molar-refractivity contribution in [3.8, 4) is 5.75 Å². The van der Waals surface area contributed by atoms with Gasteiger partial charge in [-0.2, -0.15) is 0 Å². The standard InChI is InChI=1S/C10H9NO4/c1-2-14-8-7-6(4-3-5-11-7)15-9(8)10(12)13/h3-5H,2H2,1H3,(H,12,13). The summed E-state index contributed by atoms with van der Waals surface area (Å²) in [6.45, 7) is 2.14. The van der Waals surface area contributed by atoms with E-state index >= 15 is 0 Å². The maximum absolute atomic E-state index is 10.9. The first-order valence-corrected chi connectivity index (χ1v) is 4.47. The Morgan fingerprint density at radius 1 is 1.67 bits per heavy atom. The fourth-order valence-electron chi connectivity index (χ4n) is 1.33. The van der Waals surface area contributed by atoms with E-state index in [1.165, 1.54) is 0 Å². The van der Waals surface area contributed by atoms with Gasteiger partial charge in [-0.1, -0.05) is 0 Å². The summed E-state index contributed by atoms with van der Waals surface area (Å²) in [6.07, 6.45) is 1.56.